The van der Waals surface area contributed by atoms with Crippen LogP contribution < -0.4 is 10.6 Å². The van der Waals surface area contributed by atoms with E-state index in [4.69, 9.17) is 0 Å². The summed E-state index contributed by atoms with van der Waals surface area (Å²) in [6.45, 7) is 5.28. The lowest BCUT2D eigenvalue weighted by Gasteiger charge is -2.23. The van der Waals surface area contributed by atoms with E-state index >= 15 is 0 Å². The van der Waals surface area contributed by atoms with Crippen molar-refractivity contribution in [1.82, 2.24) is 10.6 Å². The van der Waals surface area contributed by atoms with Crippen LogP contribution in [0.2, 0.25) is 0 Å². The molecule has 0 aromatic carbocycles. The van der Waals surface area contributed by atoms with Crippen LogP contribution in [0.4, 0.5) is 0 Å². The third kappa shape index (κ3) is 3.88. The molecule has 0 atom stereocenters. The van der Waals surface area contributed by atoms with Crippen molar-refractivity contribution in [1.29, 1.82) is 0 Å². The summed E-state index contributed by atoms with van der Waals surface area (Å²) in [5.41, 5.74) is -0.0277. The number of hydrogen-bond donors (Lipinski definition) is 2. The van der Waals surface area contributed by atoms with Crippen LogP contribution in [0.25, 0.3) is 0 Å². The maximum Gasteiger partial charge on any atom is 0.233 e. The second kappa shape index (κ2) is 5.80. The molecule has 90 valence electrons. The summed E-state index contributed by atoms with van der Waals surface area (Å²) < 4.78 is 1.10. The number of halogens is 1. The molecule has 0 spiro atoms. The van der Waals surface area contributed by atoms with Crippen LogP contribution in [-0.4, -0.2) is 26.0 Å². The lowest BCUT2D eigenvalue weighted by atomic mass is 9.91. The highest BCUT2D eigenvalue weighted by atomic mass is 79.9. The monoisotopic (exact) mass is 304 g/mol. The van der Waals surface area contributed by atoms with E-state index in [0.717, 1.165) is 4.47 Å². The summed E-state index contributed by atoms with van der Waals surface area (Å²) in [7, 11) is 1.76. The first kappa shape index (κ1) is 13.7. The Balaban J connectivity index is 2.55. The minimum absolute atomic E-state index is 0.0277. The molecule has 2 N–H and O–H groups in total. The molecule has 1 heterocycles. The van der Waals surface area contributed by atoms with Gasteiger partial charge >= 0.3 is 0 Å². The van der Waals surface area contributed by atoms with Crippen molar-refractivity contribution in [3.63, 3.8) is 0 Å². The summed E-state index contributed by atoms with van der Waals surface area (Å²) in [4.78, 5) is 12.6. The first-order chi connectivity index (χ1) is 7.45. The van der Waals surface area contributed by atoms with Gasteiger partial charge in [-0.25, -0.2) is 0 Å². The van der Waals surface area contributed by atoms with E-state index in [0.29, 0.717) is 13.1 Å². The number of hydrogen-bond acceptors (Lipinski definition) is 3. The number of likely N-dealkylation sites (N-methyl/N-ethyl adjacent to an activating group) is 1. The largest absolute Gasteiger partial charge is 0.354 e. The molecule has 1 aromatic rings. The minimum atomic E-state index is -0.0277. The molecule has 1 aromatic heterocycles. The molecule has 1 rings (SSSR count). The highest BCUT2D eigenvalue weighted by molar-refractivity contribution is 9.10. The van der Waals surface area contributed by atoms with Gasteiger partial charge < -0.3 is 10.6 Å². The molecular formula is C11H17BrN2OS. The van der Waals surface area contributed by atoms with Gasteiger partial charge in [-0.15, -0.1) is 11.3 Å². The van der Waals surface area contributed by atoms with Gasteiger partial charge in [0.05, 0.1) is 6.54 Å². The number of carbonyl (C=O) groups is 1. The van der Waals surface area contributed by atoms with Crippen LogP contribution in [0.15, 0.2) is 15.9 Å². The van der Waals surface area contributed by atoms with Crippen molar-refractivity contribution in [3.05, 3.63) is 20.8 Å². The van der Waals surface area contributed by atoms with E-state index in [9.17, 15) is 4.79 Å². The second-order valence-electron chi connectivity index (χ2n) is 4.32. The summed E-state index contributed by atoms with van der Waals surface area (Å²) in [6, 6.07) is 2.11. The van der Waals surface area contributed by atoms with Crippen molar-refractivity contribution in [2.75, 3.05) is 20.1 Å². The molecule has 0 fully saturated rings. The molecular weight excluding hydrogens is 288 g/mol. The van der Waals surface area contributed by atoms with Gasteiger partial charge in [-0.3, -0.25) is 4.79 Å². The van der Waals surface area contributed by atoms with Crippen LogP contribution in [-0.2, 0) is 10.2 Å². The molecule has 3 nitrogen and oxygen atoms in total. The molecule has 0 aliphatic heterocycles. The van der Waals surface area contributed by atoms with Crippen molar-refractivity contribution in [3.8, 4) is 0 Å². The molecule has 5 heteroatoms. The van der Waals surface area contributed by atoms with Gasteiger partial charge in [0.1, 0.15) is 0 Å². The lowest BCUT2D eigenvalue weighted by molar-refractivity contribution is -0.120. The molecule has 0 unspecified atom stereocenters. The summed E-state index contributed by atoms with van der Waals surface area (Å²) in [6.07, 6.45) is 0. The zero-order chi connectivity index (χ0) is 12.2. The topological polar surface area (TPSA) is 41.1 Å². The van der Waals surface area contributed by atoms with E-state index in [-0.39, 0.29) is 11.3 Å². The predicted octanol–water partition coefficient (Wildman–Crippen LogP) is 2.12. The molecule has 1 amide bonds. The van der Waals surface area contributed by atoms with Gasteiger partial charge in [0.15, 0.2) is 0 Å². The zero-order valence-corrected chi connectivity index (χ0v) is 12.2. The fraction of sp³-hybridized carbons (Fsp3) is 0.545. The third-order valence-corrected chi connectivity index (χ3v) is 4.36. The SMILES string of the molecule is CNCC(=O)NCC(C)(C)c1cc(Br)cs1. The van der Waals surface area contributed by atoms with Gasteiger partial charge in [0.25, 0.3) is 0 Å². The maximum absolute atomic E-state index is 11.3. The van der Waals surface area contributed by atoms with Crippen LogP contribution >= 0.6 is 27.3 Å². The molecule has 0 aliphatic carbocycles. The average Bonchev–Trinajstić information content (AvgIpc) is 2.63. The molecule has 16 heavy (non-hydrogen) atoms. The Morgan fingerprint density at radius 2 is 2.25 bits per heavy atom. The first-order valence-electron chi connectivity index (χ1n) is 5.11. The fourth-order valence-corrected chi connectivity index (χ4v) is 2.85. The molecule has 0 bridgehead atoms. The summed E-state index contributed by atoms with van der Waals surface area (Å²) >= 11 is 5.15. The lowest BCUT2D eigenvalue weighted by Crippen LogP contribution is -2.39. The highest BCUT2D eigenvalue weighted by Gasteiger charge is 2.22. The fourth-order valence-electron chi connectivity index (χ4n) is 1.30. The Morgan fingerprint density at radius 1 is 1.56 bits per heavy atom. The van der Waals surface area contributed by atoms with E-state index in [1.165, 1.54) is 4.88 Å². The van der Waals surface area contributed by atoms with Crippen molar-refractivity contribution in [2.45, 2.75) is 19.3 Å². The Labute approximate surface area is 109 Å². The van der Waals surface area contributed by atoms with Crippen LogP contribution in [0.5, 0.6) is 0 Å². The molecule has 0 radical (unpaired) electrons. The zero-order valence-electron chi connectivity index (χ0n) is 9.76. The normalized spacial score (nSPS) is 11.5. The number of carbonyl (C=O) groups excluding carboxylic acids is 1. The van der Waals surface area contributed by atoms with Gasteiger partial charge in [-0.1, -0.05) is 13.8 Å². The van der Waals surface area contributed by atoms with Crippen molar-refractivity contribution in [2.24, 2.45) is 0 Å². The molecule has 0 aliphatic rings. The van der Waals surface area contributed by atoms with Crippen LogP contribution in [0.1, 0.15) is 18.7 Å². The van der Waals surface area contributed by atoms with Crippen molar-refractivity contribution < 1.29 is 4.79 Å². The van der Waals surface area contributed by atoms with Crippen LogP contribution in [0, 0.1) is 0 Å². The van der Waals surface area contributed by atoms with Gasteiger partial charge in [0.2, 0.25) is 5.91 Å². The number of amides is 1. The summed E-state index contributed by atoms with van der Waals surface area (Å²) in [5, 5.41) is 7.81. The highest BCUT2D eigenvalue weighted by Crippen LogP contribution is 2.30. The van der Waals surface area contributed by atoms with Crippen molar-refractivity contribution >= 4 is 33.2 Å². The van der Waals surface area contributed by atoms with E-state index in [1.54, 1.807) is 18.4 Å². The minimum Gasteiger partial charge on any atom is -0.354 e. The Hall–Kier alpha value is -0.390. The maximum atomic E-state index is 11.3. The molecule has 0 saturated heterocycles. The Kier molecular flexibility index (Phi) is 4.95. The number of nitrogens with one attached hydrogen (secondary N) is 2. The van der Waals surface area contributed by atoms with E-state index in [1.807, 2.05) is 0 Å². The number of rotatable bonds is 5. The van der Waals surface area contributed by atoms with Gasteiger partial charge in [0, 0.05) is 26.7 Å². The van der Waals surface area contributed by atoms with Gasteiger partial charge in [-0.05, 0) is 29.0 Å². The quantitative estimate of drug-likeness (QED) is 0.875. The average molecular weight is 305 g/mol. The number of thiophene rings is 1. The van der Waals surface area contributed by atoms with Gasteiger partial charge in [-0.2, -0.15) is 0 Å². The van der Waals surface area contributed by atoms with Crippen LogP contribution in [0.3, 0.4) is 0 Å². The smallest absolute Gasteiger partial charge is 0.233 e. The summed E-state index contributed by atoms with van der Waals surface area (Å²) in [5.74, 6) is 0.0335. The molecule has 0 saturated carbocycles. The van der Waals surface area contributed by atoms with E-state index < -0.39 is 0 Å². The first-order valence-corrected chi connectivity index (χ1v) is 6.79. The predicted molar refractivity (Wildman–Crippen MR) is 72.0 cm³/mol. The standard InChI is InChI=1S/C11H17BrN2OS/c1-11(2,7-14-10(15)5-13-3)9-4-8(12)6-16-9/h4,6,13H,5,7H2,1-3H3,(H,14,15). The second-order valence-corrected chi connectivity index (χ2v) is 6.15. The third-order valence-electron chi connectivity index (χ3n) is 2.30. The Bertz CT molecular complexity index is 363. The Morgan fingerprint density at radius 3 is 2.75 bits per heavy atom. The van der Waals surface area contributed by atoms with E-state index in [2.05, 4.69) is 51.9 Å².